The van der Waals surface area contributed by atoms with Crippen LogP contribution in [0.25, 0.3) is 0 Å². The van der Waals surface area contributed by atoms with Gasteiger partial charge >= 0.3 is 6.03 Å². The van der Waals surface area contributed by atoms with E-state index in [9.17, 15) is 14.4 Å². The van der Waals surface area contributed by atoms with Gasteiger partial charge in [-0.05, 0) is 38.8 Å². The van der Waals surface area contributed by atoms with Crippen molar-refractivity contribution in [2.75, 3.05) is 19.8 Å². The number of ether oxygens (including phenoxy) is 3. The summed E-state index contributed by atoms with van der Waals surface area (Å²) in [6.07, 6.45) is 0.626. The summed E-state index contributed by atoms with van der Waals surface area (Å²) in [6, 6.07) is 1.31. The Labute approximate surface area is 176 Å². The largest absolute Gasteiger partial charge is 0.490 e. The van der Waals surface area contributed by atoms with Crippen LogP contribution in [0.4, 0.5) is 4.79 Å². The third-order valence-corrected chi connectivity index (χ3v) is 4.26. The van der Waals surface area contributed by atoms with Gasteiger partial charge in [-0.1, -0.05) is 20.3 Å². The van der Waals surface area contributed by atoms with Gasteiger partial charge in [-0.3, -0.25) is 20.4 Å². The molecule has 168 valence electrons. The molecule has 1 rings (SSSR count). The molecule has 0 saturated heterocycles. The second-order valence-corrected chi connectivity index (χ2v) is 6.42. The predicted molar refractivity (Wildman–Crippen MR) is 112 cm³/mol. The number of carbonyl (C=O) groups excluding carboxylic acids is 3. The molecule has 5 N–H and O–H groups in total. The number of hydrogen-bond donors (Lipinski definition) is 4. The van der Waals surface area contributed by atoms with Crippen LogP contribution in [0, 0.1) is 5.92 Å². The van der Waals surface area contributed by atoms with Crippen LogP contribution in [-0.4, -0.2) is 43.7 Å². The fourth-order valence-corrected chi connectivity index (χ4v) is 2.64. The number of benzene rings is 1. The van der Waals surface area contributed by atoms with Crippen LogP contribution >= 0.6 is 0 Å². The Kier molecular flexibility index (Phi) is 10.3. The highest BCUT2D eigenvalue weighted by atomic mass is 16.5. The summed E-state index contributed by atoms with van der Waals surface area (Å²) < 4.78 is 16.8. The third-order valence-electron chi connectivity index (χ3n) is 4.26. The lowest BCUT2D eigenvalue weighted by Crippen LogP contribution is -2.55. The highest BCUT2D eigenvalue weighted by Crippen LogP contribution is 2.39. The van der Waals surface area contributed by atoms with E-state index in [1.807, 2.05) is 27.7 Å². The Bertz CT molecular complexity index is 713. The number of carbonyl (C=O) groups is 3. The van der Waals surface area contributed by atoms with Gasteiger partial charge in [0.05, 0.1) is 19.8 Å². The molecule has 1 aromatic carbocycles. The monoisotopic (exact) mass is 424 g/mol. The number of primary amides is 1. The summed E-state index contributed by atoms with van der Waals surface area (Å²) in [7, 11) is 0. The molecule has 10 nitrogen and oxygen atoms in total. The first-order valence-electron chi connectivity index (χ1n) is 10.0. The lowest BCUT2D eigenvalue weighted by molar-refractivity contribution is -0.124. The zero-order chi connectivity index (χ0) is 22.7. The minimum Gasteiger partial charge on any atom is -0.490 e. The van der Waals surface area contributed by atoms with Gasteiger partial charge < -0.3 is 25.3 Å². The van der Waals surface area contributed by atoms with E-state index in [1.54, 1.807) is 6.92 Å². The lowest BCUT2D eigenvalue weighted by atomic mass is 9.99. The molecule has 10 heteroatoms. The van der Waals surface area contributed by atoms with Gasteiger partial charge in [0.2, 0.25) is 5.75 Å². The van der Waals surface area contributed by atoms with Crippen molar-refractivity contribution >= 4 is 17.8 Å². The smallest absolute Gasteiger partial charge is 0.312 e. The maximum Gasteiger partial charge on any atom is 0.312 e. The lowest BCUT2D eigenvalue weighted by Gasteiger charge is -2.22. The van der Waals surface area contributed by atoms with E-state index < -0.39 is 23.9 Å². The van der Waals surface area contributed by atoms with Crippen molar-refractivity contribution in [1.29, 1.82) is 0 Å². The molecule has 0 fully saturated rings. The van der Waals surface area contributed by atoms with Crippen LogP contribution in [-0.2, 0) is 4.79 Å². The Hall–Kier alpha value is -3.17. The summed E-state index contributed by atoms with van der Waals surface area (Å²) in [5.41, 5.74) is 10.0. The third kappa shape index (κ3) is 7.02. The van der Waals surface area contributed by atoms with E-state index in [0.29, 0.717) is 43.5 Å². The van der Waals surface area contributed by atoms with Gasteiger partial charge in [-0.15, -0.1) is 0 Å². The molecule has 0 aromatic heterocycles. The fourth-order valence-electron chi connectivity index (χ4n) is 2.64. The van der Waals surface area contributed by atoms with Crippen molar-refractivity contribution in [3.63, 3.8) is 0 Å². The summed E-state index contributed by atoms with van der Waals surface area (Å²) in [4.78, 5) is 36.2. The standard InChI is InChI=1S/C20H32N4O6/c1-6-12(5)16(22-20(21)27)19(26)24-23-18(25)13-10-14(28-7-2)17(30-9-4)15(11-13)29-8-3/h10-12,16H,6-9H2,1-5H3,(H,23,25)(H,24,26)(H3,21,22,27). The molecule has 0 spiro atoms. The minimum atomic E-state index is -0.883. The van der Waals surface area contributed by atoms with Gasteiger partial charge in [-0.25, -0.2) is 4.79 Å². The SMILES string of the molecule is CCOc1cc(C(=O)NNC(=O)C(NC(N)=O)C(C)CC)cc(OCC)c1OCC. The summed E-state index contributed by atoms with van der Waals surface area (Å²) in [6.45, 7) is 10.2. The van der Waals surface area contributed by atoms with Gasteiger partial charge in [0, 0.05) is 5.56 Å². The Balaban J connectivity index is 3.04. The van der Waals surface area contributed by atoms with Crippen molar-refractivity contribution in [3.05, 3.63) is 17.7 Å². The van der Waals surface area contributed by atoms with Gasteiger partial charge in [0.15, 0.2) is 11.5 Å². The first-order chi connectivity index (χ1) is 14.3. The Morgan fingerprint density at radius 1 is 0.933 bits per heavy atom. The zero-order valence-electron chi connectivity index (χ0n) is 18.2. The average molecular weight is 424 g/mol. The van der Waals surface area contributed by atoms with Crippen molar-refractivity contribution in [2.45, 2.75) is 47.1 Å². The maximum atomic E-state index is 12.6. The number of nitrogens with two attached hydrogens (primary N) is 1. The Morgan fingerprint density at radius 2 is 1.47 bits per heavy atom. The molecule has 0 saturated carbocycles. The highest BCUT2D eigenvalue weighted by Gasteiger charge is 2.26. The Morgan fingerprint density at radius 3 is 1.90 bits per heavy atom. The van der Waals surface area contributed by atoms with E-state index >= 15 is 0 Å². The summed E-state index contributed by atoms with van der Waals surface area (Å²) >= 11 is 0. The van der Waals surface area contributed by atoms with Crippen molar-refractivity contribution < 1.29 is 28.6 Å². The molecule has 30 heavy (non-hydrogen) atoms. The molecule has 4 amide bonds. The summed E-state index contributed by atoms with van der Waals surface area (Å²) in [5, 5.41) is 2.39. The molecule has 0 aliphatic heterocycles. The average Bonchev–Trinajstić information content (AvgIpc) is 2.71. The second kappa shape index (κ2) is 12.4. The number of amides is 4. The minimum absolute atomic E-state index is 0.186. The van der Waals surface area contributed by atoms with E-state index in [4.69, 9.17) is 19.9 Å². The second-order valence-electron chi connectivity index (χ2n) is 6.42. The van der Waals surface area contributed by atoms with Gasteiger partial charge in [-0.2, -0.15) is 0 Å². The van der Waals surface area contributed by atoms with Crippen LogP contribution in [0.1, 0.15) is 51.4 Å². The quantitative estimate of drug-likeness (QED) is 0.399. The topological polar surface area (TPSA) is 141 Å². The normalized spacial score (nSPS) is 12.3. The number of nitrogens with one attached hydrogen (secondary N) is 3. The molecular weight excluding hydrogens is 392 g/mol. The van der Waals surface area contributed by atoms with Crippen molar-refractivity contribution in [2.24, 2.45) is 11.7 Å². The zero-order valence-corrected chi connectivity index (χ0v) is 18.2. The molecule has 2 atom stereocenters. The van der Waals surface area contributed by atoms with Crippen molar-refractivity contribution in [3.8, 4) is 17.2 Å². The number of rotatable bonds is 11. The fraction of sp³-hybridized carbons (Fsp3) is 0.550. The number of hydrazine groups is 1. The van der Waals surface area contributed by atoms with Crippen LogP contribution in [0.3, 0.4) is 0 Å². The molecule has 0 heterocycles. The molecule has 1 aromatic rings. The predicted octanol–water partition coefficient (Wildman–Crippen LogP) is 1.73. The number of hydrogen-bond acceptors (Lipinski definition) is 6. The van der Waals surface area contributed by atoms with Gasteiger partial charge in [0.25, 0.3) is 11.8 Å². The summed E-state index contributed by atoms with van der Waals surface area (Å²) in [5.74, 6) is -0.240. The highest BCUT2D eigenvalue weighted by molar-refractivity contribution is 5.97. The molecule has 0 radical (unpaired) electrons. The van der Waals surface area contributed by atoms with E-state index in [-0.39, 0.29) is 11.5 Å². The molecule has 0 bridgehead atoms. The van der Waals surface area contributed by atoms with Crippen molar-refractivity contribution in [1.82, 2.24) is 16.2 Å². The van der Waals surface area contributed by atoms with E-state index in [2.05, 4.69) is 16.2 Å². The molecule has 0 aliphatic carbocycles. The first-order valence-corrected chi connectivity index (χ1v) is 10.0. The van der Waals surface area contributed by atoms with E-state index in [0.717, 1.165) is 0 Å². The molecule has 0 aliphatic rings. The molecular formula is C20H32N4O6. The molecule has 2 unspecified atom stereocenters. The van der Waals surface area contributed by atoms with Crippen LogP contribution in [0.5, 0.6) is 17.2 Å². The van der Waals surface area contributed by atoms with E-state index in [1.165, 1.54) is 12.1 Å². The maximum absolute atomic E-state index is 12.6. The number of urea groups is 1. The van der Waals surface area contributed by atoms with Crippen LogP contribution in [0.2, 0.25) is 0 Å². The first kappa shape index (κ1) is 24.9. The van der Waals surface area contributed by atoms with Crippen LogP contribution in [0.15, 0.2) is 12.1 Å². The van der Waals surface area contributed by atoms with Gasteiger partial charge in [0.1, 0.15) is 6.04 Å². The van der Waals surface area contributed by atoms with Crippen LogP contribution < -0.4 is 36.1 Å².